The fourth-order valence-corrected chi connectivity index (χ4v) is 2.08. The molecule has 1 aliphatic rings. The normalized spacial score (nSPS) is 15.1. The minimum absolute atomic E-state index is 0.0833. The van der Waals surface area contributed by atoms with Crippen molar-refractivity contribution in [1.82, 2.24) is 9.78 Å². The van der Waals surface area contributed by atoms with Gasteiger partial charge in [-0.05, 0) is 18.9 Å². The SMILES string of the molecule is O=C(O)c1cc(OC(F)F)cc2c1cnn2C1CC1. The van der Waals surface area contributed by atoms with Crippen LogP contribution in [0.25, 0.3) is 10.9 Å². The van der Waals surface area contributed by atoms with E-state index in [-0.39, 0.29) is 17.4 Å². The fourth-order valence-electron chi connectivity index (χ4n) is 2.08. The van der Waals surface area contributed by atoms with E-state index < -0.39 is 12.6 Å². The molecule has 0 spiro atoms. The number of rotatable bonds is 4. The zero-order valence-electron chi connectivity index (χ0n) is 9.72. The highest BCUT2D eigenvalue weighted by Crippen LogP contribution is 2.38. The Labute approximate surface area is 106 Å². The second-order valence-electron chi connectivity index (χ2n) is 4.41. The van der Waals surface area contributed by atoms with Gasteiger partial charge in [-0.3, -0.25) is 4.68 Å². The molecule has 1 aliphatic carbocycles. The molecular formula is C12H10F2N2O3. The molecule has 1 saturated carbocycles. The van der Waals surface area contributed by atoms with Crippen LogP contribution in [0.2, 0.25) is 0 Å². The first kappa shape index (κ1) is 11.9. The third-order valence-corrected chi connectivity index (χ3v) is 3.04. The van der Waals surface area contributed by atoms with Crippen LogP contribution in [0.3, 0.4) is 0 Å². The van der Waals surface area contributed by atoms with E-state index in [1.807, 2.05) is 0 Å². The molecular weight excluding hydrogens is 258 g/mol. The number of fused-ring (bicyclic) bond motifs is 1. The maximum absolute atomic E-state index is 12.3. The molecule has 7 heteroatoms. The Hall–Kier alpha value is -2.18. The lowest BCUT2D eigenvalue weighted by Gasteiger charge is -2.08. The molecule has 1 fully saturated rings. The first-order chi connectivity index (χ1) is 9.06. The molecule has 3 rings (SSSR count). The molecule has 0 atom stereocenters. The van der Waals surface area contributed by atoms with Gasteiger partial charge in [0.05, 0.1) is 23.3 Å². The minimum atomic E-state index is -2.99. The van der Waals surface area contributed by atoms with E-state index in [2.05, 4.69) is 9.84 Å². The van der Waals surface area contributed by atoms with Gasteiger partial charge in [0.15, 0.2) is 0 Å². The summed E-state index contributed by atoms with van der Waals surface area (Å²) in [6.45, 7) is -2.99. The highest BCUT2D eigenvalue weighted by Gasteiger charge is 2.27. The van der Waals surface area contributed by atoms with Crippen LogP contribution in [0.1, 0.15) is 29.2 Å². The molecule has 19 heavy (non-hydrogen) atoms. The maximum atomic E-state index is 12.3. The molecule has 0 bridgehead atoms. The van der Waals surface area contributed by atoms with Gasteiger partial charge in [-0.2, -0.15) is 13.9 Å². The van der Waals surface area contributed by atoms with Crippen LogP contribution in [0.15, 0.2) is 18.3 Å². The molecule has 2 aromatic rings. The summed E-state index contributed by atoms with van der Waals surface area (Å²) in [6.07, 6.45) is 3.36. The van der Waals surface area contributed by atoms with Crippen LogP contribution in [0, 0.1) is 0 Å². The van der Waals surface area contributed by atoms with E-state index in [1.54, 1.807) is 4.68 Å². The topological polar surface area (TPSA) is 64.3 Å². The van der Waals surface area contributed by atoms with Crippen molar-refractivity contribution in [2.24, 2.45) is 0 Å². The van der Waals surface area contributed by atoms with Crippen molar-refractivity contribution in [3.63, 3.8) is 0 Å². The average Bonchev–Trinajstić information content (AvgIpc) is 3.08. The lowest BCUT2D eigenvalue weighted by atomic mass is 10.1. The van der Waals surface area contributed by atoms with Crippen LogP contribution < -0.4 is 4.74 Å². The van der Waals surface area contributed by atoms with Gasteiger partial charge in [0.25, 0.3) is 0 Å². The molecule has 0 saturated heterocycles. The lowest BCUT2D eigenvalue weighted by molar-refractivity contribution is -0.0498. The van der Waals surface area contributed by atoms with E-state index in [4.69, 9.17) is 5.11 Å². The molecule has 1 aromatic heterocycles. The second-order valence-corrected chi connectivity index (χ2v) is 4.41. The van der Waals surface area contributed by atoms with Gasteiger partial charge in [-0.25, -0.2) is 4.79 Å². The summed E-state index contributed by atoms with van der Waals surface area (Å²) < 4.78 is 30.5. The third kappa shape index (κ3) is 2.11. The molecule has 0 aliphatic heterocycles. The predicted octanol–water partition coefficient (Wildman–Crippen LogP) is 2.67. The number of aromatic carboxylic acids is 1. The third-order valence-electron chi connectivity index (χ3n) is 3.04. The fraction of sp³-hybridized carbons (Fsp3) is 0.333. The Kier molecular flexibility index (Phi) is 2.62. The molecule has 1 heterocycles. The first-order valence-corrected chi connectivity index (χ1v) is 5.75. The van der Waals surface area contributed by atoms with Gasteiger partial charge in [-0.15, -0.1) is 0 Å². The van der Waals surface area contributed by atoms with Crippen molar-refractivity contribution in [1.29, 1.82) is 0 Å². The smallest absolute Gasteiger partial charge is 0.387 e. The number of carboxylic acids is 1. The standard InChI is InChI=1S/C12H10F2N2O3/c13-12(14)19-7-3-8(11(17)18)9-5-15-16(6-1-2-6)10(9)4-7/h3-6,12H,1-2H2,(H,17,18). The largest absolute Gasteiger partial charge is 0.478 e. The molecule has 1 aromatic carbocycles. The van der Waals surface area contributed by atoms with Crippen molar-refractivity contribution in [3.05, 3.63) is 23.9 Å². The average molecular weight is 268 g/mol. The quantitative estimate of drug-likeness (QED) is 0.925. The van der Waals surface area contributed by atoms with Gasteiger partial charge in [0.1, 0.15) is 5.75 Å². The second kappa shape index (κ2) is 4.18. The van der Waals surface area contributed by atoms with Crippen LogP contribution in [-0.4, -0.2) is 27.5 Å². The van der Waals surface area contributed by atoms with E-state index >= 15 is 0 Å². The van der Waals surface area contributed by atoms with Gasteiger partial charge in [-0.1, -0.05) is 0 Å². The number of alkyl halides is 2. The highest BCUT2D eigenvalue weighted by atomic mass is 19.3. The van der Waals surface area contributed by atoms with E-state index in [0.29, 0.717) is 10.9 Å². The van der Waals surface area contributed by atoms with E-state index in [0.717, 1.165) is 18.9 Å². The Morgan fingerprint density at radius 3 is 2.79 bits per heavy atom. The zero-order valence-corrected chi connectivity index (χ0v) is 9.72. The Bertz CT molecular complexity index is 650. The summed E-state index contributed by atoms with van der Waals surface area (Å²) in [7, 11) is 0. The summed E-state index contributed by atoms with van der Waals surface area (Å²) in [5.41, 5.74) is 0.429. The van der Waals surface area contributed by atoms with Crippen LogP contribution >= 0.6 is 0 Å². The van der Waals surface area contributed by atoms with E-state index in [9.17, 15) is 13.6 Å². The van der Waals surface area contributed by atoms with Crippen molar-refractivity contribution in [3.8, 4) is 5.75 Å². The monoisotopic (exact) mass is 268 g/mol. The molecule has 1 N–H and O–H groups in total. The number of hydrogen-bond donors (Lipinski definition) is 1. The summed E-state index contributed by atoms with van der Waals surface area (Å²) in [4.78, 5) is 11.2. The number of hydrogen-bond acceptors (Lipinski definition) is 3. The maximum Gasteiger partial charge on any atom is 0.387 e. The van der Waals surface area contributed by atoms with Crippen molar-refractivity contribution in [2.45, 2.75) is 25.5 Å². The minimum Gasteiger partial charge on any atom is -0.478 e. The van der Waals surface area contributed by atoms with E-state index in [1.165, 1.54) is 12.3 Å². The summed E-state index contributed by atoms with van der Waals surface area (Å²) in [5.74, 6) is -1.36. The van der Waals surface area contributed by atoms with Gasteiger partial charge < -0.3 is 9.84 Å². The van der Waals surface area contributed by atoms with Gasteiger partial charge >= 0.3 is 12.6 Å². The Balaban J connectivity index is 2.18. The van der Waals surface area contributed by atoms with Crippen LogP contribution in [-0.2, 0) is 0 Å². The van der Waals surface area contributed by atoms with Crippen molar-refractivity contribution < 1.29 is 23.4 Å². The van der Waals surface area contributed by atoms with Gasteiger partial charge in [0.2, 0.25) is 0 Å². The predicted molar refractivity (Wildman–Crippen MR) is 61.6 cm³/mol. The number of ether oxygens (including phenoxy) is 1. The highest BCUT2D eigenvalue weighted by molar-refractivity contribution is 6.03. The Morgan fingerprint density at radius 2 is 2.21 bits per heavy atom. The van der Waals surface area contributed by atoms with Gasteiger partial charge in [0, 0.05) is 11.5 Å². The van der Waals surface area contributed by atoms with Crippen molar-refractivity contribution in [2.75, 3.05) is 0 Å². The zero-order chi connectivity index (χ0) is 13.6. The molecule has 0 unspecified atom stereocenters. The summed E-state index contributed by atoms with van der Waals surface area (Å²) >= 11 is 0. The summed E-state index contributed by atoms with van der Waals surface area (Å²) in [6, 6.07) is 2.72. The number of nitrogens with zero attached hydrogens (tertiary/aromatic N) is 2. The van der Waals surface area contributed by atoms with Crippen LogP contribution in [0.5, 0.6) is 5.75 Å². The Morgan fingerprint density at radius 1 is 1.47 bits per heavy atom. The first-order valence-electron chi connectivity index (χ1n) is 5.75. The summed E-state index contributed by atoms with van der Waals surface area (Å²) in [5, 5.41) is 13.7. The van der Waals surface area contributed by atoms with Crippen molar-refractivity contribution >= 4 is 16.9 Å². The molecule has 5 nitrogen and oxygen atoms in total. The lowest BCUT2D eigenvalue weighted by Crippen LogP contribution is -2.05. The number of carboxylic acid groups (broad SMARTS) is 1. The number of benzene rings is 1. The molecule has 0 radical (unpaired) electrons. The number of aromatic nitrogens is 2. The molecule has 0 amide bonds. The van der Waals surface area contributed by atoms with Crippen LogP contribution in [0.4, 0.5) is 8.78 Å². The number of halogens is 2. The number of carbonyl (C=O) groups is 1. The molecule has 100 valence electrons.